The fraction of sp³-hybridized carbons (Fsp3) is 0.750. The zero-order chi connectivity index (χ0) is 15.4. The molecular formula is C16H28N4O. The van der Waals surface area contributed by atoms with Crippen molar-refractivity contribution in [3.8, 4) is 5.88 Å². The molecule has 0 spiro atoms. The molecule has 0 radical (unpaired) electrons. The van der Waals surface area contributed by atoms with E-state index < -0.39 is 0 Å². The third-order valence-corrected chi connectivity index (χ3v) is 4.17. The number of nitrogens with zero attached hydrogens (tertiary/aromatic N) is 2. The molecule has 5 nitrogen and oxygen atoms in total. The van der Waals surface area contributed by atoms with E-state index in [1.165, 1.54) is 6.42 Å². The van der Waals surface area contributed by atoms with Crippen LogP contribution in [-0.4, -0.2) is 16.1 Å². The Morgan fingerprint density at radius 1 is 1.19 bits per heavy atom. The summed E-state index contributed by atoms with van der Waals surface area (Å²) in [5.74, 6) is 9.14. The topological polar surface area (TPSA) is 73.1 Å². The van der Waals surface area contributed by atoms with Gasteiger partial charge >= 0.3 is 0 Å². The first-order valence-electron chi connectivity index (χ1n) is 8.04. The van der Waals surface area contributed by atoms with Crippen molar-refractivity contribution >= 4 is 5.82 Å². The molecule has 2 atom stereocenters. The molecule has 1 aromatic rings. The van der Waals surface area contributed by atoms with Gasteiger partial charge in [0, 0.05) is 6.42 Å². The molecule has 2 rings (SSSR count). The molecule has 3 N–H and O–H groups in total. The summed E-state index contributed by atoms with van der Waals surface area (Å²) >= 11 is 0. The Kier molecular flexibility index (Phi) is 5.39. The Morgan fingerprint density at radius 3 is 2.43 bits per heavy atom. The van der Waals surface area contributed by atoms with Gasteiger partial charge in [-0.05, 0) is 44.4 Å². The van der Waals surface area contributed by atoms with Crippen molar-refractivity contribution in [2.45, 2.75) is 65.9 Å². The SMILES string of the molecule is CCCc1nc(NN)c(C)c(OC2CC(C)CC(C)C2)n1. The number of nitrogens with one attached hydrogen (secondary N) is 1. The van der Waals surface area contributed by atoms with E-state index >= 15 is 0 Å². The first kappa shape index (κ1) is 16.0. The fourth-order valence-electron chi connectivity index (χ4n) is 3.26. The van der Waals surface area contributed by atoms with E-state index in [1.807, 2.05) is 6.92 Å². The summed E-state index contributed by atoms with van der Waals surface area (Å²) in [5.41, 5.74) is 3.55. The summed E-state index contributed by atoms with van der Waals surface area (Å²) in [5, 5.41) is 0. The van der Waals surface area contributed by atoms with E-state index in [4.69, 9.17) is 10.6 Å². The molecule has 1 heterocycles. The lowest BCUT2D eigenvalue weighted by Crippen LogP contribution is -2.29. The van der Waals surface area contributed by atoms with Gasteiger partial charge in [-0.1, -0.05) is 20.8 Å². The van der Waals surface area contributed by atoms with Crippen LogP contribution in [0.4, 0.5) is 5.82 Å². The van der Waals surface area contributed by atoms with Gasteiger partial charge in [-0.3, -0.25) is 0 Å². The predicted octanol–water partition coefficient (Wildman–Crippen LogP) is 3.23. The summed E-state index contributed by atoms with van der Waals surface area (Å²) in [7, 11) is 0. The Bertz CT molecular complexity index is 468. The highest BCUT2D eigenvalue weighted by molar-refractivity contribution is 5.47. The minimum atomic E-state index is 0.248. The van der Waals surface area contributed by atoms with Gasteiger partial charge in [0.1, 0.15) is 17.7 Å². The van der Waals surface area contributed by atoms with Crippen LogP contribution in [0, 0.1) is 18.8 Å². The zero-order valence-electron chi connectivity index (χ0n) is 13.6. The molecule has 1 aliphatic carbocycles. The Morgan fingerprint density at radius 2 is 1.86 bits per heavy atom. The maximum Gasteiger partial charge on any atom is 0.222 e. The van der Waals surface area contributed by atoms with E-state index in [9.17, 15) is 0 Å². The van der Waals surface area contributed by atoms with Gasteiger partial charge in [-0.25, -0.2) is 10.8 Å². The molecule has 118 valence electrons. The molecule has 0 aromatic carbocycles. The number of ether oxygens (including phenoxy) is 1. The molecule has 1 aromatic heterocycles. The first-order chi connectivity index (χ1) is 10.0. The third kappa shape index (κ3) is 4.06. The highest BCUT2D eigenvalue weighted by Gasteiger charge is 2.26. The first-order valence-corrected chi connectivity index (χ1v) is 8.04. The van der Waals surface area contributed by atoms with E-state index in [1.54, 1.807) is 0 Å². The lowest BCUT2D eigenvalue weighted by molar-refractivity contribution is 0.0956. The van der Waals surface area contributed by atoms with Crippen LogP contribution in [0.2, 0.25) is 0 Å². The normalized spacial score (nSPS) is 25.7. The molecule has 1 aliphatic rings. The Balaban J connectivity index is 2.19. The number of aromatic nitrogens is 2. The van der Waals surface area contributed by atoms with E-state index in [0.29, 0.717) is 23.5 Å². The molecule has 2 unspecified atom stereocenters. The molecule has 5 heteroatoms. The standard InChI is InChI=1S/C16H28N4O/c1-5-6-14-18-15(20-17)12(4)16(19-14)21-13-8-10(2)7-11(3)9-13/h10-11,13H,5-9,17H2,1-4H3,(H,18,19,20). The van der Waals surface area contributed by atoms with Crippen LogP contribution in [0.1, 0.15) is 57.8 Å². The van der Waals surface area contributed by atoms with Crippen LogP contribution >= 0.6 is 0 Å². The molecule has 0 bridgehead atoms. The molecular weight excluding hydrogens is 264 g/mol. The van der Waals surface area contributed by atoms with Gasteiger partial charge < -0.3 is 10.2 Å². The summed E-state index contributed by atoms with van der Waals surface area (Å²) in [6, 6.07) is 0. The van der Waals surface area contributed by atoms with Crippen LogP contribution < -0.4 is 16.0 Å². The number of nitrogen functional groups attached to an aromatic ring is 1. The summed E-state index contributed by atoms with van der Waals surface area (Å²) in [4.78, 5) is 9.02. The highest BCUT2D eigenvalue weighted by Crippen LogP contribution is 2.32. The number of aryl methyl sites for hydroxylation is 1. The van der Waals surface area contributed by atoms with Crippen molar-refractivity contribution in [2.24, 2.45) is 17.7 Å². The van der Waals surface area contributed by atoms with Gasteiger partial charge in [0.05, 0.1) is 5.56 Å². The number of hydrazine groups is 1. The quantitative estimate of drug-likeness (QED) is 0.644. The summed E-state index contributed by atoms with van der Waals surface area (Å²) in [6.45, 7) is 8.67. The van der Waals surface area contributed by atoms with Gasteiger partial charge in [0.2, 0.25) is 5.88 Å². The summed E-state index contributed by atoms with van der Waals surface area (Å²) < 4.78 is 6.21. The minimum Gasteiger partial charge on any atom is -0.474 e. The van der Waals surface area contributed by atoms with Crippen molar-refractivity contribution in [2.75, 3.05) is 5.43 Å². The maximum atomic E-state index is 6.21. The second-order valence-electron chi connectivity index (χ2n) is 6.47. The minimum absolute atomic E-state index is 0.248. The molecule has 1 fully saturated rings. The van der Waals surface area contributed by atoms with Crippen LogP contribution in [0.5, 0.6) is 5.88 Å². The molecule has 1 saturated carbocycles. The van der Waals surface area contributed by atoms with Crippen LogP contribution in [0.15, 0.2) is 0 Å². The Labute approximate surface area is 127 Å². The van der Waals surface area contributed by atoms with Gasteiger partial charge in [0.25, 0.3) is 0 Å². The highest BCUT2D eigenvalue weighted by atomic mass is 16.5. The number of hydrogen-bond donors (Lipinski definition) is 2. The number of nitrogens with two attached hydrogens (primary N) is 1. The van der Waals surface area contributed by atoms with Crippen molar-refractivity contribution in [3.63, 3.8) is 0 Å². The van der Waals surface area contributed by atoms with Crippen molar-refractivity contribution in [3.05, 3.63) is 11.4 Å². The number of hydrogen-bond acceptors (Lipinski definition) is 5. The lowest BCUT2D eigenvalue weighted by atomic mass is 9.82. The summed E-state index contributed by atoms with van der Waals surface area (Å²) in [6.07, 6.45) is 5.58. The van der Waals surface area contributed by atoms with E-state index in [-0.39, 0.29) is 6.10 Å². The third-order valence-electron chi connectivity index (χ3n) is 4.17. The smallest absolute Gasteiger partial charge is 0.222 e. The molecule has 0 amide bonds. The van der Waals surface area contributed by atoms with Crippen molar-refractivity contribution < 1.29 is 4.74 Å². The van der Waals surface area contributed by atoms with Gasteiger partial charge in [0.15, 0.2) is 0 Å². The average Bonchev–Trinajstić information content (AvgIpc) is 2.41. The molecule has 21 heavy (non-hydrogen) atoms. The van der Waals surface area contributed by atoms with Crippen LogP contribution in [0.3, 0.4) is 0 Å². The van der Waals surface area contributed by atoms with Gasteiger partial charge in [-0.15, -0.1) is 0 Å². The van der Waals surface area contributed by atoms with Crippen LogP contribution in [-0.2, 0) is 6.42 Å². The van der Waals surface area contributed by atoms with E-state index in [0.717, 1.165) is 37.1 Å². The fourth-order valence-corrected chi connectivity index (χ4v) is 3.26. The largest absolute Gasteiger partial charge is 0.474 e. The maximum absolute atomic E-state index is 6.21. The predicted molar refractivity (Wildman–Crippen MR) is 85.2 cm³/mol. The molecule has 0 saturated heterocycles. The molecule has 0 aliphatic heterocycles. The zero-order valence-corrected chi connectivity index (χ0v) is 13.6. The lowest BCUT2D eigenvalue weighted by Gasteiger charge is -2.31. The van der Waals surface area contributed by atoms with E-state index in [2.05, 4.69) is 36.2 Å². The average molecular weight is 292 g/mol. The number of anilines is 1. The van der Waals surface area contributed by atoms with Crippen molar-refractivity contribution in [1.29, 1.82) is 0 Å². The Hall–Kier alpha value is -1.36. The second kappa shape index (κ2) is 7.07. The van der Waals surface area contributed by atoms with Crippen LogP contribution in [0.25, 0.3) is 0 Å². The van der Waals surface area contributed by atoms with Crippen molar-refractivity contribution in [1.82, 2.24) is 9.97 Å². The monoisotopic (exact) mass is 292 g/mol. The number of rotatable bonds is 5. The van der Waals surface area contributed by atoms with Gasteiger partial charge in [-0.2, -0.15) is 4.98 Å². The second-order valence-corrected chi connectivity index (χ2v) is 6.47.